The summed E-state index contributed by atoms with van der Waals surface area (Å²) < 4.78 is 5.56. The fraction of sp³-hybridized carbons (Fsp3) is 0.808. The molecule has 2 aliphatic heterocycles. The molecule has 0 aromatic rings. The number of carbonyl (C=O) groups is 2. The Morgan fingerprint density at radius 1 is 1.23 bits per heavy atom. The Morgan fingerprint density at radius 3 is 2.49 bits per heavy atom. The smallest absolute Gasteiger partial charge is 0.308 e. The first-order chi connectivity index (χ1) is 16.2. The molecule has 2 aliphatic rings. The zero-order chi connectivity index (χ0) is 26.5. The van der Waals surface area contributed by atoms with Crippen LogP contribution in [0.2, 0.25) is 0 Å². The Labute approximate surface area is 213 Å². The molecule has 1 saturated heterocycles. The molecule has 8 nitrogen and oxygen atoms in total. The number of thioether (sulfide) groups is 1. The van der Waals surface area contributed by atoms with Crippen LogP contribution in [0.4, 0.5) is 0 Å². The molecular weight excluding hydrogens is 470 g/mol. The van der Waals surface area contributed by atoms with Crippen LogP contribution in [0, 0.1) is 17.3 Å². The molecular formula is C26H43NO7S. The first kappa shape index (κ1) is 30.0. The van der Waals surface area contributed by atoms with E-state index in [1.807, 2.05) is 19.9 Å². The average molecular weight is 514 g/mol. The zero-order valence-electron chi connectivity index (χ0n) is 21.8. The van der Waals surface area contributed by atoms with Gasteiger partial charge in [-0.25, -0.2) is 0 Å². The number of Topliss-reactive ketones (excluding diaryl/α,β-unsaturated/α-hetero) is 1. The summed E-state index contributed by atoms with van der Waals surface area (Å²) >= 11 is 1.66. The highest BCUT2D eigenvalue weighted by Crippen LogP contribution is 2.32. The number of hydrogen-bond acceptors (Lipinski definition) is 9. The molecule has 0 spiro atoms. The van der Waals surface area contributed by atoms with Crippen LogP contribution in [0.15, 0.2) is 16.6 Å². The van der Waals surface area contributed by atoms with Gasteiger partial charge in [0.15, 0.2) is 0 Å². The van der Waals surface area contributed by atoms with Gasteiger partial charge in [0, 0.05) is 18.1 Å². The number of rotatable bonds is 4. The lowest BCUT2D eigenvalue weighted by molar-refractivity contribution is -0.163. The molecule has 0 aromatic heterocycles. The Kier molecular flexibility index (Phi) is 11.0. The first-order valence-corrected chi connectivity index (χ1v) is 13.5. The molecule has 200 valence electrons. The van der Waals surface area contributed by atoms with Gasteiger partial charge in [0.05, 0.1) is 47.3 Å². The van der Waals surface area contributed by atoms with Gasteiger partial charge < -0.3 is 25.2 Å². The predicted molar refractivity (Wildman–Crippen MR) is 137 cm³/mol. The molecule has 2 rings (SSSR count). The Bertz CT molecular complexity index is 812. The summed E-state index contributed by atoms with van der Waals surface area (Å²) in [6.45, 7) is 10.3. The van der Waals surface area contributed by atoms with Gasteiger partial charge in [-0.1, -0.05) is 40.2 Å². The van der Waals surface area contributed by atoms with E-state index in [0.29, 0.717) is 24.8 Å². The second-order valence-corrected chi connectivity index (χ2v) is 12.0. The Morgan fingerprint density at radius 2 is 1.89 bits per heavy atom. The lowest BCUT2D eigenvalue weighted by Gasteiger charge is -2.35. The minimum absolute atomic E-state index is 0.00539. The van der Waals surface area contributed by atoms with Gasteiger partial charge in [-0.2, -0.15) is 0 Å². The second-order valence-electron chi connectivity index (χ2n) is 10.8. The van der Waals surface area contributed by atoms with Crippen molar-refractivity contribution in [2.45, 2.75) is 110 Å². The van der Waals surface area contributed by atoms with E-state index in [9.17, 15) is 30.0 Å². The highest BCUT2D eigenvalue weighted by molar-refractivity contribution is 8.14. The van der Waals surface area contributed by atoms with Crippen LogP contribution >= 0.6 is 11.8 Å². The van der Waals surface area contributed by atoms with E-state index >= 15 is 0 Å². The number of hydrogen-bond donors (Lipinski definition) is 4. The van der Waals surface area contributed by atoms with Crippen molar-refractivity contribution in [3.63, 3.8) is 0 Å². The number of esters is 1. The molecule has 4 N–H and O–H groups in total. The van der Waals surface area contributed by atoms with Gasteiger partial charge in [-0.3, -0.25) is 14.6 Å². The van der Waals surface area contributed by atoms with E-state index in [4.69, 9.17) is 4.74 Å². The summed E-state index contributed by atoms with van der Waals surface area (Å²) in [5, 5.41) is 44.1. The summed E-state index contributed by atoms with van der Waals surface area (Å²) in [5.74, 6) is -1.15. The van der Waals surface area contributed by atoms with Crippen molar-refractivity contribution in [1.82, 2.24) is 0 Å². The van der Waals surface area contributed by atoms with E-state index in [2.05, 4.69) is 4.99 Å². The molecule has 0 aliphatic carbocycles. The van der Waals surface area contributed by atoms with Crippen LogP contribution in [0.1, 0.15) is 73.6 Å². The van der Waals surface area contributed by atoms with E-state index in [1.165, 1.54) is 0 Å². The number of ether oxygens (including phenoxy) is 1. The van der Waals surface area contributed by atoms with Crippen LogP contribution in [-0.4, -0.2) is 79.5 Å². The molecule has 0 saturated carbocycles. The lowest BCUT2D eigenvalue weighted by Crippen LogP contribution is -2.46. The van der Waals surface area contributed by atoms with Crippen molar-refractivity contribution < 1.29 is 34.8 Å². The molecule has 2 unspecified atom stereocenters. The molecule has 0 radical (unpaired) electrons. The number of carbonyl (C=O) groups excluding carboxylic acids is 2. The lowest BCUT2D eigenvalue weighted by atomic mass is 9.73. The summed E-state index contributed by atoms with van der Waals surface area (Å²) in [6.07, 6.45) is -2.24. The van der Waals surface area contributed by atoms with Crippen LogP contribution in [0.25, 0.3) is 0 Å². The van der Waals surface area contributed by atoms with Crippen molar-refractivity contribution >= 4 is 28.6 Å². The van der Waals surface area contributed by atoms with Crippen molar-refractivity contribution in [3.8, 4) is 0 Å². The molecule has 1 fully saturated rings. The van der Waals surface area contributed by atoms with Gasteiger partial charge in [0.25, 0.3) is 0 Å². The summed E-state index contributed by atoms with van der Waals surface area (Å²) in [5.41, 5.74) is -0.581. The summed E-state index contributed by atoms with van der Waals surface area (Å²) in [7, 11) is 0. The Balaban J connectivity index is 2.20. The van der Waals surface area contributed by atoms with Gasteiger partial charge in [-0.05, 0) is 38.2 Å². The number of ketones is 1. The number of aliphatic hydroxyl groups excluding tert-OH is 4. The van der Waals surface area contributed by atoms with Crippen molar-refractivity contribution in [2.24, 2.45) is 22.2 Å². The topological polar surface area (TPSA) is 137 Å². The third-order valence-electron chi connectivity index (χ3n) is 7.46. The van der Waals surface area contributed by atoms with E-state index < -0.39 is 54.2 Å². The molecule has 0 bridgehead atoms. The highest BCUT2D eigenvalue weighted by Gasteiger charge is 2.42. The number of cyclic esters (lactones) is 1. The largest absolute Gasteiger partial charge is 0.459 e. The normalized spacial score (nSPS) is 36.8. The van der Waals surface area contributed by atoms with E-state index in [1.54, 1.807) is 39.5 Å². The van der Waals surface area contributed by atoms with Gasteiger partial charge in [0.1, 0.15) is 11.9 Å². The SMILES string of the molecule is CC1=NC(/C=C(\C)[C@@H](O)CC2OC(=O)C[C@H](O)C(C)(C)C(=O)[C@H](C)[C@@H](O)[C@@H](C)CCC[C@@H]2O)CS1. The minimum atomic E-state index is -1.32. The van der Waals surface area contributed by atoms with Crippen molar-refractivity contribution in [3.05, 3.63) is 11.6 Å². The highest BCUT2D eigenvalue weighted by atomic mass is 32.2. The number of nitrogens with zero attached hydrogens (tertiary/aromatic N) is 1. The minimum Gasteiger partial charge on any atom is -0.459 e. The average Bonchev–Trinajstić information content (AvgIpc) is 3.20. The van der Waals surface area contributed by atoms with Crippen LogP contribution in [-0.2, 0) is 14.3 Å². The van der Waals surface area contributed by atoms with Crippen molar-refractivity contribution in [2.75, 3.05) is 5.75 Å². The fourth-order valence-electron chi connectivity index (χ4n) is 4.74. The standard InChI is InChI=1S/C26H43NO7S/c1-14-8-7-9-19(28)21(11-20(29)15(2)10-18-13-35-17(4)27-18)34-23(31)12-22(30)26(5,6)25(33)16(3)24(14)32/h10,14,16,18-22,24,28-30,32H,7-9,11-13H2,1-6H3/b15-10+/t14-,16+,18?,19-,20-,21?,22-,24-/m0/s1. The van der Waals surface area contributed by atoms with E-state index in [0.717, 1.165) is 10.8 Å². The maximum atomic E-state index is 13.0. The monoisotopic (exact) mass is 513 g/mol. The van der Waals surface area contributed by atoms with Crippen LogP contribution in [0.3, 0.4) is 0 Å². The first-order valence-electron chi connectivity index (χ1n) is 12.6. The molecule has 0 amide bonds. The third kappa shape index (κ3) is 8.12. The predicted octanol–water partition coefficient (Wildman–Crippen LogP) is 2.65. The van der Waals surface area contributed by atoms with E-state index in [-0.39, 0.29) is 24.2 Å². The van der Waals surface area contributed by atoms with Gasteiger partial charge in [0.2, 0.25) is 0 Å². The van der Waals surface area contributed by atoms with Crippen molar-refractivity contribution in [1.29, 1.82) is 0 Å². The maximum absolute atomic E-state index is 13.0. The van der Waals surface area contributed by atoms with Crippen LogP contribution in [0.5, 0.6) is 0 Å². The Hall–Kier alpha value is -1.26. The fourth-order valence-corrected chi connectivity index (χ4v) is 5.53. The number of aliphatic hydroxyl groups is 4. The second kappa shape index (κ2) is 12.8. The number of aliphatic imine (C=N–C) groups is 1. The molecule has 35 heavy (non-hydrogen) atoms. The van der Waals surface area contributed by atoms with Gasteiger partial charge in [-0.15, -0.1) is 11.8 Å². The molecule has 9 heteroatoms. The molecule has 0 aromatic carbocycles. The van der Waals surface area contributed by atoms with Crippen LogP contribution < -0.4 is 0 Å². The third-order valence-corrected chi connectivity index (χ3v) is 8.49. The summed E-state index contributed by atoms with van der Waals surface area (Å²) in [4.78, 5) is 30.3. The summed E-state index contributed by atoms with van der Waals surface area (Å²) in [6, 6.07) is -0.0173. The maximum Gasteiger partial charge on any atom is 0.308 e. The van der Waals surface area contributed by atoms with Gasteiger partial charge >= 0.3 is 5.97 Å². The quantitative estimate of drug-likeness (QED) is 0.333. The molecule has 8 atom stereocenters. The zero-order valence-corrected chi connectivity index (χ0v) is 22.6. The molecule has 2 heterocycles.